The van der Waals surface area contributed by atoms with Crippen molar-refractivity contribution in [3.63, 3.8) is 0 Å². The highest BCUT2D eigenvalue weighted by Gasteiger charge is 2.15. The SMILES string of the molecule is COc1ccc(Cl)c2c(=O)c(CCC(=O)O)c(C)[nH]c12. The van der Waals surface area contributed by atoms with Crippen LogP contribution in [-0.2, 0) is 11.2 Å². The highest BCUT2D eigenvalue weighted by Crippen LogP contribution is 2.28. The Morgan fingerprint density at radius 3 is 2.75 bits per heavy atom. The van der Waals surface area contributed by atoms with E-state index in [1.54, 1.807) is 19.1 Å². The van der Waals surface area contributed by atoms with Crippen molar-refractivity contribution in [2.24, 2.45) is 0 Å². The number of H-pyrrole nitrogens is 1. The van der Waals surface area contributed by atoms with Crippen LogP contribution in [0.2, 0.25) is 5.02 Å². The van der Waals surface area contributed by atoms with Crippen molar-refractivity contribution in [2.45, 2.75) is 19.8 Å². The second-order valence-electron chi connectivity index (χ2n) is 4.45. The number of rotatable bonds is 4. The van der Waals surface area contributed by atoms with E-state index in [2.05, 4.69) is 4.98 Å². The molecule has 106 valence electrons. The average Bonchev–Trinajstić information content (AvgIpc) is 2.38. The summed E-state index contributed by atoms with van der Waals surface area (Å²) in [5, 5.41) is 9.40. The van der Waals surface area contributed by atoms with Gasteiger partial charge in [-0.1, -0.05) is 11.6 Å². The molecule has 2 aromatic rings. The third-order valence-electron chi connectivity index (χ3n) is 3.19. The third-order valence-corrected chi connectivity index (χ3v) is 3.51. The molecule has 0 saturated heterocycles. The Balaban J connectivity index is 2.72. The lowest BCUT2D eigenvalue weighted by molar-refractivity contribution is -0.136. The number of aromatic amines is 1. The van der Waals surface area contributed by atoms with Gasteiger partial charge in [-0.15, -0.1) is 0 Å². The third kappa shape index (κ3) is 2.49. The summed E-state index contributed by atoms with van der Waals surface area (Å²) in [4.78, 5) is 26.2. The fraction of sp³-hybridized carbons (Fsp3) is 0.286. The highest BCUT2D eigenvalue weighted by atomic mass is 35.5. The van der Waals surface area contributed by atoms with Crippen LogP contribution in [0.5, 0.6) is 5.75 Å². The second kappa shape index (κ2) is 5.54. The number of ether oxygens (including phenoxy) is 1. The number of nitrogens with one attached hydrogen (secondary N) is 1. The average molecular weight is 296 g/mol. The van der Waals surface area contributed by atoms with Crippen molar-refractivity contribution in [1.29, 1.82) is 0 Å². The van der Waals surface area contributed by atoms with E-state index in [4.69, 9.17) is 21.4 Å². The molecule has 0 unspecified atom stereocenters. The number of benzene rings is 1. The van der Waals surface area contributed by atoms with E-state index in [0.29, 0.717) is 32.9 Å². The highest BCUT2D eigenvalue weighted by molar-refractivity contribution is 6.35. The van der Waals surface area contributed by atoms with Gasteiger partial charge in [-0.2, -0.15) is 0 Å². The van der Waals surface area contributed by atoms with Crippen molar-refractivity contribution < 1.29 is 14.6 Å². The molecule has 0 fully saturated rings. The van der Waals surface area contributed by atoms with Gasteiger partial charge in [0.1, 0.15) is 5.75 Å². The van der Waals surface area contributed by atoms with Crippen LogP contribution in [0.4, 0.5) is 0 Å². The van der Waals surface area contributed by atoms with Crippen molar-refractivity contribution in [3.8, 4) is 5.75 Å². The zero-order valence-corrected chi connectivity index (χ0v) is 11.9. The van der Waals surface area contributed by atoms with Crippen molar-refractivity contribution in [1.82, 2.24) is 4.98 Å². The van der Waals surface area contributed by atoms with Crippen LogP contribution in [0.1, 0.15) is 17.7 Å². The molecule has 1 aromatic heterocycles. The van der Waals surface area contributed by atoms with Crippen LogP contribution < -0.4 is 10.2 Å². The van der Waals surface area contributed by atoms with Crippen molar-refractivity contribution in [3.05, 3.63) is 38.6 Å². The zero-order valence-electron chi connectivity index (χ0n) is 11.1. The van der Waals surface area contributed by atoms with Crippen LogP contribution in [-0.4, -0.2) is 23.2 Å². The Morgan fingerprint density at radius 1 is 1.45 bits per heavy atom. The summed E-state index contributed by atoms with van der Waals surface area (Å²) < 4.78 is 5.21. The van der Waals surface area contributed by atoms with E-state index >= 15 is 0 Å². The second-order valence-corrected chi connectivity index (χ2v) is 4.86. The molecule has 2 N–H and O–H groups in total. The maximum absolute atomic E-state index is 12.5. The van der Waals surface area contributed by atoms with E-state index < -0.39 is 5.97 Å². The molecular formula is C14H14ClNO4. The number of carbonyl (C=O) groups is 1. The van der Waals surface area contributed by atoms with Gasteiger partial charge in [-0.05, 0) is 25.5 Å². The molecule has 1 heterocycles. The molecule has 6 heteroatoms. The topological polar surface area (TPSA) is 79.4 Å². The van der Waals surface area contributed by atoms with Crippen molar-refractivity contribution in [2.75, 3.05) is 7.11 Å². The van der Waals surface area contributed by atoms with Crippen LogP contribution in [0, 0.1) is 6.92 Å². The minimum Gasteiger partial charge on any atom is -0.495 e. The molecule has 1 aromatic carbocycles. The number of hydrogen-bond acceptors (Lipinski definition) is 3. The number of hydrogen-bond donors (Lipinski definition) is 2. The largest absolute Gasteiger partial charge is 0.495 e. The van der Waals surface area contributed by atoms with Gasteiger partial charge in [0, 0.05) is 17.7 Å². The van der Waals surface area contributed by atoms with E-state index in [0.717, 1.165) is 0 Å². The lowest BCUT2D eigenvalue weighted by Crippen LogP contribution is -2.15. The Labute approximate surface area is 120 Å². The first-order chi connectivity index (χ1) is 9.45. The molecule has 5 nitrogen and oxygen atoms in total. The molecule has 0 aliphatic rings. The standard InChI is InChI=1S/C14H14ClNO4/c1-7-8(3-6-11(17)18)14(19)12-9(15)4-5-10(20-2)13(12)16-7/h4-5H,3,6H2,1-2H3,(H,16,19)(H,17,18). The molecule has 0 radical (unpaired) electrons. The summed E-state index contributed by atoms with van der Waals surface area (Å²) in [7, 11) is 1.51. The number of carboxylic acids is 1. The van der Waals surface area contributed by atoms with Crippen LogP contribution in [0.3, 0.4) is 0 Å². The van der Waals surface area contributed by atoms with E-state index in [-0.39, 0.29) is 18.3 Å². The first kappa shape index (κ1) is 14.4. The van der Waals surface area contributed by atoms with Crippen LogP contribution in [0.15, 0.2) is 16.9 Å². The molecule has 0 aliphatic heterocycles. The number of aryl methyl sites for hydroxylation is 1. The Kier molecular flexibility index (Phi) is 3.99. The van der Waals surface area contributed by atoms with Gasteiger partial charge in [0.2, 0.25) is 0 Å². The number of carboxylic acid groups (broad SMARTS) is 1. The summed E-state index contributed by atoms with van der Waals surface area (Å²) in [6.07, 6.45) is 0.0665. The monoisotopic (exact) mass is 295 g/mol. The van der Waals surface area contributed by atoms with E-state index in [9.17, 15) is 9.59 Å². The Bertz CT molecular complexity index is 736. The first-order valence-electron chi connectivity index (χ1n) is 6.05. The molecule has 20 heavy (non-hydrogen) atoms. The van der Waals surface area contributed by atoms with Gasteiger partial charge in [-0.3, -0.25) is 9.59 Å². The van der Waals surface area contributed by atoms with Gasteiger partial charge < -0.3 is 14.8 Å². The number of pyridine rings is 1. The summed E-state index contributed by atoms with van der Waals surface area (Å²) in [5.41, 5.74) is 1.35. The van der Waals surface area contributed by atoms with Gasteiger partial charge in [0.05, 0.1) is 23.0 Å². The quantitative estimate of drug-likeness (QED) is 0.908. The summed E-state index contributed by atoms with van der Waals surface area (Å²) in [6.45, 7) is 1.73. The van der Waals surface area contributed by atoms with Gasteiger partial charge in [0.15, 0.2) is 5.43 Å². The molecule has 0 aliphatic carbocycles. The summed E-state index contributed by atoms with van der Waals surface area (Å²) in [6, 6.07) is 3.27. The normalized spacial score (nSPS) is 10.8. The fourth-order valence-corrected chi connectivity index (χ4v) is 2.43. The van der Waals surface area contributed by atoms with Crippen molar-refractivity contribution >= 4 is 28.5 Å². The maximum atomic E-state index is 12.5. The number of halogens is 1. The van der Waals surface area contributed by atoms with Gasteiger partial charge >= 0.3 is 5.97 Å². The number of aromatic nitrogens is 1. The summed E-state index contributed by atoms with van der Waals surface area (Å²) in [5.74, 6) is -0.421. The predicted octanol–water partition coefficient (Wildman–Crippen LogP) is 2.52. The zero-order chi connectivity index (χ0) is 14.9. The molecule has 0 saturated carbocycles. The molecule has 2 rings (SSSR count). The lowest BCUT2D eigenvalue weighted by Gasteiger charge is -2.11. The molecule has 0 atom stereocenters. The maximum Gasteiger partial charge on any atom is 0.303 e. The Hall–Kier alpha value is -2.01. The predicted molar refractivity (Wildman–Crippen MR) is 76.8 cm³/mol. The summed E-state index contributed by atoms with van der Waals surface area (Å²) >= 11 is 6.09. The first-order valence-corrected chi connectivity index (χ1v) is 6.43. The van der Waals surface area contributed by atoms with Gasteiger partial charge in [-0.25, -0.2) is 0 Å². The Morgan fingerprint density at radius 2 is 2.15 bits per heavy atom. The van der Waals surface area contributed by atoms with Crippen LogP contribution in [0.25, 0.3) is 10.9 Å². The van der Waals surface area contributed by atoms with E-state index in [1.165, 1.54) is 7.11 Å². The fourth-order valence-electron chi connectivity index (χ4n) is 2.19. The molecule has 0 bridgehead atoms. The number of methoxy groups -OCH3 is 1. The smallest absolute Gasteiger partial charge is 0.303 e. The molecule has 0 spiro atoms. The molecule has 0 amide bonds. The number of fused-ring (bicyclic) bond motifs is 1. The van der Waals surface area contributed by atoms with Crippen LogP contribution >= 0.6 is 11.6 Å². The lowest BCUT2D eigenvalue weighted by atomic mass is 10.0. The minimum atomic E-state index is -0.944. The molecular weight excluding hydrogens is 282 g/mol. The van der Waals surface area contributed by atoms with Gasteiger partial charge in [0.25, 0.3) is 0 Å². The van der Waals surface area contributed by atoms with E-state index in [1.807, 2.05) is 0 Å². The number of aliphatic carboxylic acids is 1. The minimum absolute atomic E-state index is 0.100.